The van der Waals surface area contributed by atoms with E-state index in [4.69, 9.17) is 0 Å². The van der Waals surface area contributed by atoms with Crippen LogP contribution in [0.1, 0.15) is 45.4 Å². The molecule has 2 saturated heterocycles. The van der Waals surface area contributed by atoms with Crippen molar-refractivity contribution in [3.05, 3.63) is 29.8 Å². The minimum atomic E-state index is -0.737. The average molecular weight is 393 g/mol. The Morgan fingerprint density at radius 2 is 1.93 bits per heavy atom. The number of carbonyl (C=O) groups is 2. The fourth-order valence-electron chi connectivity index (χ4n) is 4.11. The summed E-state index contributed by atoms with van der Waals surface area (Å²) in [7, 11) is 0. The van der Waals surface area contributed by atoms with Gasteiger partial charge < -0.3 is 15.1 Å². The van der Waals surface area contributed by atoms with Crippen LogP contribution in [0, 0.1) is 17.6 Å². The van der Waals surface area contributed by atoms with Gasteiger partial charge in [-0.3, -0.25) is 9.59 Å². The SMILES string of the molecule is CC1CCCCN1CCCCNC(=O)C1CC(=O)N(c2cc(F)cc(F)c2)C1. The molecule has 0 saturated carbocycles. The first-order chi connectivity index (χ1) is 13.4. The number of carbonyl (C=O) groups excluding carboxylic acids is 2. The lowest BCUT2D eigenvalue weighted by Crippen LogP contribution is -2.38. The van der Waals surface area contributed by atoms with Gasteiger partial charge >= 0.3 is 0 Å². The van der Waals surface area contributed by atoms with Crippen molar-refractivity contribution in [2.24, 2.45) is 5.92 Å². The Bertz CT molecular complexity index is 693. The number of hydrogen-bond donors (Lipinski definition) is 1. The number of anilines is 1. The monoisotopic (exact) mass is 393 g/mol. The van der Waals surface area contributed by atoms with E-state index in [0.717, 1.165) is 44.1 Å². The molecular formula is C21H29F2N3O2. The largest absolute Gasteiger partial charge is 0.356 e. The zero-order valence-corrected chi connectivity index (χ0v) is 16.4. The standard InChI is InChI=1S/C21H29F2N3O2/c1-15-6-2-4-8-25(15)9-5-3-7-24-21(28)16-10-20(27)26(14-16)19-12-17(22)11-18(23)13-19/h11-13,15-16H,2-10,14H2,1H3,(H,24,28). The Balaban J connectivity index is 1.41. The number of nitrogens with zero attached hydrogens (tertiary/aromatic N) is 2. The van der Waals surface area contributed by atoms with Crippen LogP contribution in [-0.2, 0) is 9.59 Å². The first-order valence-electron chi connectivity index (χ1n) is 10.2. The normalized spacial score (nSPS) is 23.2. The van der Waals surface area contributed by atoms with E-state index in [1.165, 1.54) is 24.2 Å². The number of halogens is 2. The van der Waals surface area contributed by atoms with Crippen molar-refractivity contribution in [2.45, 2.75) is 51.5 Å². The number of unbranched alkanes of at least 4 members (excludes halogenated alkanes) is 1. The quantitative estimate of drug-likeness (QED) is 0.725. The fraction of sp³-hybridized carbons (Fsp3) is 0.619. The predicted octanol–water partition coefficient (Wildman–Crippen LogP) is 3.09. The third-order valence-electron chi connectivity index (χ3n) is 5.77. The van der Waals surface area contributed by atoms with E-state index < -0.39 is 17.6 Å². The highest BCUT2D eigenvalue weighted by Crippen LogP contribution is 2.26. The molecule has 2 aliphatic rings. The minimum Gasteiger partial charge on any atom is -0.356 e. The molecule has 7 heteroatoms. The number of rotatable bonds is 7. The lowest BCUT2D eigenvalue weighted by Gasteiger charge is -2.33. The van der Waals surface area contributed by atoms with Gasteiger partial charge in [-0.05, 0) is 57.8 Å². The van der Waals surface area contributed by atoms with E-state index in [-0.39, 0.29) is 30.5 Å². The van der Waals surface area contributed by atoms with Gasteiger partial charge in [0.05, 0.1) is 5.92 Å². The van der Waals surface area contributed by atoms with Gasteiger partial charge in [0.2, 0.25) is 11.8 Å². The van der Waals surface area contributed by atoms with Gasteiger partial charge in [-0.15, -0.1) is 0 Å². The van der Waals surface area contributed by atoms with Crippen molar-refractivity contribution in [1.82, 2.24) is 10.2 Å². The van der Waals surface area contributed by atoms with Gasteiger partial charge in [0, 0.05) is 37.3 Å². The van der Waals surface area contributed by atoms with Crippen LogP contribution in [0.3, 0.4) is 0 Å². The summed E-state index contributed by atoms with van der Waals surface area (Å²) in [5.74, 6) is -2.42. The average Bonchev–Trinajstić information content (AvgIpc) is 3.04. The molecule has 0 bridgehead atoms. The smallest absolute Gasteiger partial charge is 0.227 e. The zero-order valence-electron chi connectivity index (χ0n) is 16.4. The van der Waals surface area contributed by atoms with E-state index in [9.17, 15) is 18.4 Å². The fourth-order valence-corrected chi connectivity index (χ4v) is 4.11. The summed E-state index contributed by atoms with van der Waals surface area (Å²) in [5.41, 5.74) is 0.161. The topological polar surface area (TPSA) is 52.7 Å². The van der Waals surface area contributed by atoms with E-state index >= 15 is 0 Å². The second kappa shape index (κ2) is 9.45. The van der Waals surface area contributed by atoms with Gasteiger partial charge in [-0.25, -0.2) is 8.78 Å². The van der Waals surface area contributed by atoms with Crippen LogP contribution >= 0.6 is 0 Å². The van der Waals surface area contributed by atoms with Crippen LogP contribution < -0.4 is 10.2 Å². The van der Waals surface area contributed by atoms with Crippen molar-refractivity contribution in [3.63, 3.8) is 0 Å². The van der Waals surface area contributed by atoms with Gasteiger partial charge in [-0.2, -0.15) is 0 Å². The summed E-state index contributed by atoms with van der Waals surface area (Å²) in [4.78, 5) is 28.4. The highest BCUT2D eigenvalue weighted by molar-refractivity contribution is 6.00. The maximum Gasteiger partial charge on any atom is 0.227 e. The summed E-state index contributed by atoms with van der Waals surface area (Å²) in [6, 6.07) is 3.64. The number of benzene rings is 1. The van der Waals surface area contributed by atoms with Crippen molar-refractivity contribution in [2.75, 3.05) is 31.1 Å². The number of nitrogens with one attached hydrogen (secondary N) is 1. The number of hydrogen-bond acceptors (Lipinski definition) is 3. The van der Waals surface area contributed by atoms with Crippen molar-refractivity contribution < 1.29 is 18.4 Å². The van der Waals surface area contributed by atoms with E-state index in [1.807, 2.05) is 0 Å². The molecule has 1 aromatic carbocycles. The molecule has 2 amide bonds. The summed E-state index contributed by atoms with van der Waals surface area (Å²) in [6.07, 6.45) is 5.83. The van der Waals surface area contributed by atoms with Gasteiger partial charge in [0.1, 0.15) is 11.6 Å². The molecule has 28 heavy (non-hydrogen) atoms. The van der Waals surface area contributed by atoms with Crippen molar-refractivity contribution in [3.8, 4) is 0 Å². The molecule has 2 unspecified atom stereocenters. The second-order valence-electron chi connectivity index (χ2n) is 7.91. The maximum absolute atomic E-state index is 13.4. The predicted molar refractivity (Wildman–Crippen MR) is 104 cm³/mol. The zero-order chi connectivity index (χ0) is 20.1. The summed E-state index contributed by atoms with van der Waals surface area (Å²) in [5, 5.41) is 2.90. The molecule has 2 aliphatic heterocycles. The van der Waals surface area contributed by atoms with Gasteiger partial charge in [0.25, 0.3) is 0 Å². The Morgan fingerprint density at radius 3 is 2.64 bits per heavy atom. The molecule has 0 aliphatic carbocycles. The van der Waals surface area contributed by atoms with Crippen LogP contribution in [0.4, 0.5) is 14.5 Å². The third kappa shape index (κ3) is 5.28. The molecule has 3 rings (SSSR count). The molecule has 0 radical (unpaired) electrons. The molecule has 154 valence electrons. The summed E-state index contributed by atoms with van der Waals surface area (Å²) < 4.78 is 26.8. The van der Waals surface area contributed by atoms with Gasteiger partial charge in [-0.1, -0.05) is 6.42 Å². The van der Waals surface area contributed by atoms with Crippen molar-refractivity contribution >= 4 is 17.5 Å². The highest BCUT2D eigenvalue weighted by atomic mass is 19.1. The molecule has 2 fully saturated rings. The second-order valence-corrected chi connectivity index (χ2v) is 7.91. The lowest BCUT2D eigenvalue weighted by atomic mass is 10.0. The molecule has 0 spiro atoms. The van der Waals surface area contributed by atoms with E-state index in [2.05, 4.69) is 17.1 Å². The van der Waals surface area contributed by atoms with Gasteiger partial charge in [0.15, 0.2) is 0 Å². The molecule has 2 heterocycles. The Morgan fingerprint density at radius 1 is 1.18 bits per heavy atom. The van der Waals surface area contributed by atoms with Crippen molar-refractivity contribution in [1.29, 1.82) is 0 Å². The Hall–Kier alpha value is -2.02. The minimum absolute atomic E-state index is 0.0647. The van der Waals surface area contributed by atoms with Crippen LogP contribution in [-0.4, -0.2) is 48.9 Å². The number of likely N-dealkylation sites (tertiary alicyclic amines) is 1. The first kappa shape index (κ1) is 20.7. The molecule has 5 nitrogen and oxygen atoms in total. The number of amides is 2. The Labute approximate surface area is 165 Å². The van der Waals surface area contributed by atoms with Crippen LogP contribution in [0.2, 0.25) is 0 Å². The molecule has 1 aromatic rings. The maximum atomic E-state index is 13.4. The first-order valence-corrected chi connectivity index (χ1v) is 10.2. The third-order valence-corrected chi connectivity index (χ3v) is 5.77. The molecule has 1 N–H and O–H groups in total. The van der Waals surface area contributed by atoms with Crippen LogP contribution in [0.5, 0.6) is 0 Å². The number of piperidine rings is 1. The van der Waals surface area contributed by atoms with E-state index in [0.29, 0.717) is 12.6 Å². The summed E-state index contributed by atoms with van der Waals surface area (Å²) in [6.45, 7) is 5.22. The Kier molecular flexibility index (Phi) is 6.99. The van der Waals surface area contributed by atoms with Crippen LogP contribution in [0.15, 0.2) is 18.2 Å². The molecular weight excluding hydrogens is 364 g/mol. The highest BCUT2D eigenvalue weighted by Gasteiger charge is 2.35. The van der Waals surface area contributed by atoms with Crippen LogP contribution in [0.25, 0.3) is 0 Å². The lowest BCUT2D eigenvalue weighted by molar-refractivity contribution is -0.126. The van der Waals surface area contributed by atoms with E-state index in [1.54, 1.807) is 0 Å². The summed E-state index contributed by atoms with van der Waals surface area (Å²) >= 11 is 0. The molecule has 0 aromatic heterocycles. The molecule has 2 atom stereocenters.